The summed E-state index contributed by atoms with van der Waals surface area (Å²) in [6.07, 6.45) is 4.48. The number of nitrogens with two attached hydrogens (primary N) is 2. The number of benzene rings is 8. The fourth-order valence-corrected chi connectivity index (χ4v) is 10.2. The molecule has 0 bridgehead atoms. The highest BCUT2D eigenvalue weighted by Crippen LogP contribution is 2.25. The van der Waals surface area contributed by atoms with Crippen molar-refractivity contribution in [1.29, 1.82) is 0 Å². The van der Waals surface area contributed by atoms with Crippen molar-refractivity contribution < 1.29 is 38.0 Å². The van der Waals surface area contributed by atoms with Gasteiger partial charge in [-0.15, -0.1) is 0 Å². The van der Waals surface area contributed by atoms with E-state index in [1.54, 1.807) is 0 Å². The highest BCUT2D eigenvalue weighted by Gasteiger charge is 2.28. The molecule has 0 spiro atoms. The van der Waals surface area contributed by atoms with Crippen molar-refractivity contribution in [2.75, 3.05) is 52.6 Å². The maximum atomic E-state index is 14.3. The molecule has 2 unspecified atom stereocenters. The van der Waals surface area contributed by atoms with Crippen molar-refractivity contribution >= 4 is 11.8 Å². The summed E-state index contributed by atoms with van der Waals surface area (Å²) in [6, 6.07) is 72.0. The minimum atomic E-state index is -0.436. The van der Waals surface area contributed by atoms with Crippen molar-refractivity contribution in [3.63, 3.8) is 0 Å². The molecule has 2 amide bonds. The van der Waals surface area contributed by atoms with Crippen molar-refractivity contribution in [2.24, 2.45) is 11.5 Å². The maximum absolute atomic E-state index is 14.3. The first kappa shape index (κ1) is 65.6. The van der Waals surface area contributed by atoms with Crippen molar-refractivity contribution in [3.05, 3.63) is 263 Å². The first-order valence-electron chi connectivity index (χ1n) is 31.0. The van der Waals surface area contributed by atoms with E-state index in [0.29, 0.717) is 118 Å². The van der Waals surface area contributed by atoms with Gasteiger partial charge in [-0.2, -0.15) is 0 Å². The van der Waals surface area contributed by atoms with E-state index >= 15 is 0 Å². The van der Waals surface area contributed by atoms with E-state index in [4.69, 9.17) is 39.9 Å². The number of carbonyl (C=O) groups excluding carboxylic acids is 2. The summed E-state index contributed by atoms with van der Waals surface area (Å²) in [5, 5.41) is 6.35. The molecule has 0 radical (unpaired) electrons. The van der Waals surface area contributed by atoms with Gasteiger partial charge in [-0.25, -0.2) is 0 Å². The number of rotatable bonds is 41. The Kier molecular flexibility index (Phi) is 28.4. The molecule has 0 heterocycles. The average molecular weight is 1190 g/mol. The lowest BCUT2D eigenvalue weighted by Gasteiger charge is -2.31. The Balaban J connectivity index is 0.828. The van der Waals surface area contributed by atoms with E-state index < -0.39 is 12.1 Å². The molecule has 14 nitrogen and oxygen atoms in total. The summed E-state index contributed by atoms with van der Waals surface area (Å²) in [7, 11) is 0. The second-order valence-corrected chi connectivity index (χ2v) is 21.9. The predicted octanol–water partition coefficient (Wildman–Crippen LogP) is 12.0. The van der Waals surface area contributed by atoms with Crippen LogP contribution in [0.2, 0.25) is 0 Å². The number of hydrogen-bond acceptors (Lipinski definition) is 12. The quantitative estimate of drug-likeness (QED) is 0.0268. The third-order valence-electron chi connectivity index (χ3n) is 15.0. The minimum absolute atomic E-state index is 0.0674. The molecule has 88 heavy (non-hydrogen) atoms. The highest BCUT2D eigenvalue weighted by atomic mass is 16.5. The molecule has 0 saturated carbocycles. The van der Waals surface area contributed by atoms with Crippen LogP contribution in [0.25, 0.3) is 0 Å². The molecule has 0 saturated heterocycles. The number of unbranched alkanes of at least 4 members (excludes halogenated alkanes) is 2. The van der Waals surface area contributed by atoms with Crippen LogP contribution in [0.1, 0.15) is 83.0 Å². The lowest BCUT2D eigenvalue weighted by atomic mass is 10.0. The molecule has 2 atom stereocenters. The highest BCUT2D eigenvalue weighted by molar-refractivity contribution is 5.82. The molecule has 8 aromatic rings. The Hall–Kier alpha value is -8.34. The lowest BCUT2D eigenvalue weighted by molar-refractivity contribution is -0.128. The van der Waals surface area contributed by atoms with E-state index in [1.807, 2.05) is 170 Å². The van der Waals surface area contributed by atoms with Crippen molar-refractivity contribution in [3.8, 4) is 23.0 Å². The molecular weight excluding hydrogens is 1100 g/mol. The fourth-order valence-electron chi connectivity index (χ4n) is 10.2. The van der Waals surface area contributed by atoms with Crippen LogP contribution in [0, 0.1) is 0 Å². The molecule has 0 aliphatic heterocycles. The van der Waals surface area contributed by atoms with Crippen LogP contribution in [-0.2, 0) is 71.7 Å². The van der Waals surface area contributed by atoms with Crippen LogP contribution >= 0.6 is 0 Å². The monoisotopic (exact) mass is 1190 g/mol. The molecule has 0 aliphatic rings. The lowest BCUT2D eigenvalue weighted by Crippen LogP contribution is -2.47. The Morgan fingerprint density at radius 3 is 0.841 bits per heavy atom. The van der Waals surface area contributed by atoms with Gasteiger partial charge < -0.3 is 50.5 Å². The summed E-state index contributed by atoms with van der Waals surface area (Å²) in [4.78, 5) is 33.1. The van der Waals surface area contributed by atoms with E-state index in [1.165, 1.54) is 0 Å². The topological polar surface area (TPSA) is 172 Å². The second-order valence-electron chi connectivity index (χ2n) is 21.9. The minimum Gasteiger partial charge on any atom is -0.489 e. The summed E-state index contributed by atoms with van der Waals surface area (Å²) in [5.41, 5.74) is 20.6. The first-order chi connectivity index (χ1) is 43.4. The largest absolute Gasteiger partial charge is 0.489 e. The van der Waals surface area contributed by atoms with Crippen LogP contribution in [0.15, 0.2) is 218 Å². The number of ether oxygens (including phenoxy) is 6. The Bertz CT molecular complexity index is 2770. The van der Waals surface area contributed by atoms with E-state index in [0.717, 1.165) is 93.2 Å². The van der Waals surface area contributed by atoms with Crippen LogP contribution in [0.4, 0.5) is 0 Å². The van der Waals surface area contributed by atoms with Gasteiger partial charge in [0, 0.05) is 39.3 Å². The SMILES string of the molecule is NCCCCC(C(=O)NCCOCCOCCNC(=O)C(CCCCN)N(Cc1ccc(OCc2ccccc2)cc1)Cc1ccc(OCc2ccccc2)cc1)N(Cc1ccc(OCc2ccccc2)cc1)Cc1ccc(OCc2ccccc2)cc1. The molecule has 0 aromatic heterocycles. The fraction of sp³-hybridized carbons (Fsp3) is 0.324. The standard InChI is InChI=1S/C74H88N6O8/c75-43-15-13-25-71(79(51-59-27-35-67(36-28-59)85-55-63-17-5-1-6-18-63)52-60-29-37-68(38-30-60)86-56-64-19-7-2-8-20-64)73(81)77-45-47-83-49-50-84-48-46-78-74(82)72(26-14-16-44-76)80(53-61-31-39-69(40-32-61)87-57-65-21-9-3-10-22-65)54-62-33-41-70(42-34-62)88-58-66-23-11-4-12-24-66/h1-12,17-24,27-42,71-72H,13-16,25-26,43-58,75-76H2,(H,77,81)(H,78,82). The molecule has 8 rings (SSSR count). The van der Waals surface area contributed by atoms with Crippen LogP contribution in [-0.4, -0.2) is 86.3 Å². The molecule has 6 N–H and O–H groups in total. The van der Waals surface area contributed by atoms with Crippen LogP contribution < -0.4 is 41.0 Å². The molecule has 462 valence electrons. The van der Waals surface area contributed by atoms with Gasteiger partial charge in [-0.05, 0) is 132 Å². The smallest absolute Gasteiger partial charge is 0.237 e. The third-order valence-corrected chi connectivity index (χ3v) is 15.0. The summed E-state index contributed by atoms with van der Waals surface area (Å²) in [5.74, 6) is 2.98. The zero-order valence-corrected chi connectivity index (χ0v) is 50.8. The average Bonchev–Trinajstić information content (AvgIpc) is 3.77. The first-order valence-corrected chi connectivity index (χ1v) is 31.0. The van der Waals surface area contributed by atoms with Gasteiger partial charge in [-0.3, -0.25) is 19.4 Å². The number of nitrogens with zero attached hydrogens (tertiary/aromatic N) is 2. The second kappa shape index (κ2) is 38.0. The molecule has 0 fully saturated rings. The van der Waals surface area contributed by atoms with Gasteiger partial charge in [0.05, 0.1) is 38.5 Å². The van der Waals surface area contributed by atoms with Gasteiger partial charge in [0.1, 0.15) is 49.4 Å². The third kappa shape index (κ3) is 23.7. The summed E-state index contributed by atoms with van der Waals surface area (Å²) in [6.45, 7) is 7.08. The van der Waals surface area contributed by atoms with E-state index in [-0.39, 0.29) is 11.8 Å². The number of amides is 2. The van der Waals surface area contributed by atoms with Gasteiger partial charge >= 0.3 is 0 Å². The number of nitrogens with one attached hydrogen (secondary N) is 2. The summed E-state index contributed by atoms with van der Waals surface area (Å²) >= 11 is 0. The van der Waals surface area contributed by atoms with Gasteiger partial charge in [0.15, 0.2) is 0 Å². The predicted molar refractivity (Wildman–Crippen MR) is 348 cm³/mol. The van der Waals surface area contributed by atoms with Crippen molar-refractivity contribution in [1.82, 2.24) is 20.4 Å². The van der Waals surface area contributed by atoms with Crippen LogP contribution in [0.5, 0.6) is 23.0 Å². The van der Waals surface area contributed by atoms with Crippen molar-refractivity contribution in [2.45, 2.75) is 103 Å². The van der Waals surface area contributed by atoms with E-state index in [2.05, 4.69) is 69.0 Å². The summed E-state index contributed by atoms with van der Waals surface area (Å²) < 4.78 is 36.4. The zero-order chi connectivity index (χ0) is 61.1. The Morgan fingerprint density at radius 1 is 0.330 bits per heavy atom. The number of carbonyl (C=O) groups is 2. The molecule has 0 aliphatic carbocycles. The zero-order valence-electron chi connectivity index (χ0n) is 50.8. The molecule has 14 heteroatoms. The van der Waals surface area contributed by atoms with Gasteiger partial charge in [-0.1, -0.05) is 183 Å². The van der Waals surface area contributed by atoms with Crippen LogP contribution in [0.3, 0.4) is 0 Å². The Morgan fingerprint density at radius 2 is 0.591 bits per heavy atom. The van der Waals surface area contributed by atoms with Gasteiger partial charge in [0.25, 0.3) is 0 Å². The molecule has 8 aromatic carbocycles. The molecular formula is C74H88N6O8. The van der Waals surface area contributed by atoms with Gasteiger partial charge in [0.2, 0.25) is 11.8 Å². The van der Waals surface area contributed by atoms with E-state index in [9.17, 15) is 9.59 Å². The Labute approximate surface area is 521 Å². The maximum Gasteiger partial charge on any atom is 0.237 e. The normalized spacial score (nSPS) is 11.9. The number of hydrogen-bond donors (Lipinski definition) is 4.